The van der Waals surface area contributed by atoms with Crippen LogP contribution in [-0.4, -0.2) is 55.6 Å². The first kappa shape index (κ1) is 14.1. The molecule has 3 nitrogen and oxygen atoms in total. The summed E-state index contributed by atoms with van der Waals surface area (Å²) in [6.45, 7) is 9.63. The Balaban J connectivity index is 1.57. The van der Waals surface area contributed by atoms with Crippen LogP contribution in [0.25, 0.3) is 0 Å². The highest BCUT2D eigenvalue weighted by atomic mass is 15.2. The zero-order chi connectivity index (χ0) is 13.6. The SMILES string of the molecule is c1ccc(CN2CCCC2)c(CCN2CCNCC2)c1. The van der Waals surface area contributed by atoms with Gasteiger partial charge in [0, 0.05) is 39.3 Å². The summed E-state index contributed by atoms with van der Waals surface area (Å²) < 4.78 is 0. The summed E-state index contributed by atoms with van der Waals surface area (Å²) in [5.74, 6) is 0. The maximum Gasteiger partial charge on any atom is 0.0236 e. The molecule has 110 valence electrons. The van der Waals surface area contributed by atoms with E-state index in [0.717, 1.165) is 19.6 Å². The van der Waals surface area contributed by atoms with Gasteiger partial charge in [0.2, 0.25) is 0 Å². The zero-order valence-electron chi connectivity index (χ0n) is 12.5. The van der Waals surface area contributed by atoms with Gasteiger partial charge in [-0.1, -0.05) is 24.3 Å². The molecule has 0 amide bonds. The number of rotatable bonds is 5. The second-order valence-corrected chi connectivity index (χ2v) is 6.09. The van der Waals surface area contributed by atoms with Crippen LogP contribution >= 0.6 is 0 Å². The van der Waals surface area contributed by atoms with Crippen LogP contribution in [0.2, 0.25) is 0 Å². The van der Waals surface area contributed by atoms with Gasteiger partial charge in [0.15, 0.2) is 0 Å². The van der Waals surface area contributed by atoms with E-state index >= 15 is 0 Å². The maximum atomic E-state index is 3.42. The molecule has 3 rings (SSSR count). The number of hydrogen-bond donors (Lipinski definition) is 1. The number of benzene rings is 1. The van der Waals surface area contributed by atoms with Crippen LogP contribution in [0, 0.1) is 0 Å². The summed E-state index contributed by atoms with van der Waals surface area (Å²) in [6.07, 6.45) is 3.95. The van der Waals surface area contributed by atoms with Crippen molar-refractivity contribution in [1.82, 2.24) is 15.1 Å². The van der Waals surface area contributed by atoms with Crippen LogP contribution < -0.4 is 5.32 Å². The van der Waals surface area contributed by atoms with Crippen molar-refractivity contribution in [2.45, 2.75) is 25.8 Å². The molecule has 20 heavy (non-hydrogen) atoms. The number of likely N-dealkylation sites (tertiary alicyclic amines) is 1. The van der Waals surface area contributed by atoms with Crippen molar-refractivity contribution in [3.05, 3.63) is 35.4 Å². The van der Waals surface area contributed by atoms with E-state index in [1.165, 1.54) is 52.0 Å². The standard InChI is InChI=1S/C17H27N3/c1-2-6-17(15-20-10-3-4-11-20)16(5-1)7-12-19-13-8-18-9-14-19/h1-2,5-6,18H,3-4,7-15H2. The Hall–Kier alpha value is -0.900. The minimum absolute atomic E-state index is 1.15. The normalized spacial score (nSPS) is 21.4. The van der Waals surface area contributed by atoms with Crippen molar-refractivity contribution in [3.8, 4) is 0 Å². The Morgan fingerprint density at radius 2 is 1.55 bits per heavy atom. The maximum absolute atomic E-state index is 3.42. The topological polar surface area (TPSA) is 18.5 Å². The third-order valence-corrected chi connectivity index (χ3v) is 4.62. The lowest BCUT2D eigenvalue weighted by Crippen LogP contribution is -2.44. The predicted molar refractivity (Wildman–Crippen MR) is 84.0 cm³/mol. The largest absolute Gasteiger partial charge is 0.314 e. The molecule has 2 heterocycles. The van der Waals surface area contributed by atoms with Gasteiger partial charge in [0.05, 0.1) is 0 Å². The first-order chi connectivity index (χ1) is 9.92. The summed E-state index contributed by atoms with van der Waals surface area (Å²) in [5.41, 5.74) is 3.10. The van der Waals surface area contributed by atoms with Gasteiger partial charge in [0.25, 0.3) is 0 Å². The third-order valence-electron chi connectivity index (χ3n) is 4.62. The zero-order valence-corrected chi connectivity index (χ0v) is 12.5. The lowest BCUT2D eigenvalue weighted by atomic mass is 10.0. The van der Waals surface area contributed by atoms with Crippen LogP contribution in [0.1, 0.15) is 24.0 Å². The van der Waals surface area contributed by atoms with Gasteiger partial charge < -0.3 is 10.2 Å². The first-order valence-corrected chi connectivity index (χ1v) is 8.14. The average molecular weight is 273 g/mol. The second kappa shape index (κ2) is 7.21. The molecule has 2 saturated heterocycles. The molecule has 0 aliphatic carbocycles. The highest BCUT2D eigenvalue weighted by Gasteiger charge is 2.14. The molecule has 3 heteroatoms. The Morgan fingerprint density at radius 3 is 2.30 bits per heavy atom. The van der Waals surface area contributed by atoms with Crippen LogP contribution in [0.4, 0.5) is 0 Å². The molecule has 0 radical (unpaired) electrons. The number of nitrogens with one attached hydrogen (secondary N) is 1. The molecule has 2 aliphatic heterocycles. The summed E-state index contributed by atoms with van der Waals surface area (Å²) in [6, 6.07) is 9.04. The quantitative estimate of drug-likeness (QED) is 0.881. The highest BCUT2D eigenvalue weighted by molar-refractivity contribution is 5.27. The molecule has 0 bridgehead atoms. The minimum atomic E-state index is 1.15. The molecule has 0 spiro atoms. The molecule has 1 N–H and O–H groups in total. The van der Waals surface area contributed by atoms with Crippen molar-refractivity contribution in [2.75, 3.05) is 45.8 Å². The lowest BCUT2D eigenvalue weighted by molar-refractivity contribution is 0.243. The molecule has 2 aliphatic rings. The molecule has 0 unspecified atom stereocenters. The van der Waals surface area contributed by atoms with E-state index in [1.807, 2.05) is 0 Å². The highest BCUT2D eigenvalue weighted by Crippen LogP contribution is 2.16. The fourth-order valence-corrected chi connectivity index (χ4v) is 3.35. The first-order valence-electron chi connectivity index (χ1n) is 8.14. The summed E-state index contributed by atoms with van der Waals surface area (Å²) in [7, 11) is 0. The van der Waals surface area contributed by atoms with Gasteiger partial charge in [0.1, 0.15) is 0 Å². The Labute approximate surface area is 123 Å². The molecule has 1 aromatic carbocycles. The van der Waals surface area contributed by atoms with Gasteiger partial charge in [-0.2, -0.15) is 0 Å². The van der Waals surface area contributed by atoms with E-state index in [4.69, 9.17) is 0 Å². The smallest absolute Gasteiger partial charge is 0.0236 e. The fourth-order valence-electron chi connectivity index (χ4n) is 3.35. The molecule has 2 fully saturated rings. The van der Waals surface area contributed by atoms with Crippen molar-refractivity contribution in [2.24, 2.45) is 0 Å². The van der Waals surface area contributed by atoms with Crippen LogP contribution in [0.5, 0.6) is 0 Å². The van der Waals surface area contributed by atoms with E-state index in [-0.39, 0.29) is 0 Å². The van der Waals surface area contributed by atoms with Crippen molar-refractivity contribution in [3.63, 3.8) is 0 Å². The van der Waals surface area contributed by atoms with Gasteiger partial charge in [-0.3, -0.25) is 4.90 Å². The molecule has 1 aromatic rings. The van der Waals surface area contributed by atoms with E-state index in [0.29, 0.717) is 0 Å². The number of piperazine rings is 1. The van der Waals surface area contributed by atoms with Crippen LogP contribution in [0.3, 0.4) is 0 Å². The van der Waals surface area contributed by atoms with Gasteiger partial charge in [-0.15, -0.1) is 0 Å². The number of hydrogen-bond acceptors (Lipinski definition) is 3. The minimum Gasteiger partial charge on any atom is -0.314 e. The van der Waals surface area contributed by atoms with Gasteiger partial charge in [-0.05, 0) is 43.5 Å². The van der Waals surface area contributed by atoms with E-state index in [9.17, 15) is 0 Å². The molecular formula is C17H27N3. The van der Waals surface area contributed by atoms with Crippen molar-refractivity contribution in [1.29, 1.82) is 0 Å². The monoisotopic (exact) mass is 273 g/mol. The lowest BCUT2D eigenvalue weighted by Gasteiger charge is -2.27. The summed E-state index contributed by atoms with van der Waals surface area (Å²) >= 11 is 0. The van der Waals surface area contributed by atoms with Gasteiger partial charge in [-0.25, -0.2) is 0 Å². The van der Waals surface area contributed by atoms with Gasteiger partial charge >= 0.3 is 0 Å². The molecule has 0 aromatic heterocycles. The average Bonchev–Trinajstić information content (AvgIpc) is 3.00. The summed E-state index contributed by atoms with van der Waals surface area (Å²) in [5, 5.41) is 3.42. The Morgan fingerprint density at radius 1 is 0.850 bits per heavy atom. The Kier molecular flexibility index (Phi) is 5.06. The fraction of sp³-hybridized carbons (Fsp3) is 0.647. The van der Waals surface area contributed by atoms with Crippen molar-refractivity contribution >= 4 is 0 Å². The van der Waals surface area contributed by atoms with Crippen molar-refractivity contribution < 1.29 is 0 Å². The molecular weight excluding hydrogens is 246 g/mol. The van der Waals surface area contributed by atoms with E-state index < -0.39 is 0 Å². The summed E-state index contributed by atoms with van der Waals surface area (Å²) in [4.78, 5) is 5.19. The van der Waals surface area contributed by atoms with Crippen LogP contribution in [0.15, 0.2) is 24.3 Å². The third kappa shape index (κ3) is 3.81. The van der Waals surface area contributed by atoms with Crippen LogP contribution in [-0.2, 0) is 13.0 Å². The molecule has 0 saturated carbocycles. The van der Waals surface area contributed by atoms with E-state index in [2.05, 4.69) is 39.4 Å². The second-order valence-electron chi connectivity index (χ2n) is 6.09. The Bertz CT molecular complexity index is 406. The molecule has 0 atom stereocenters. The van der Waals surface area contributed by atoms with E-state index in [1.54, 1.807) is 11.1 Å². The number of nitrogens with zero attached hydrogens (tertiary/aromatic N) is 2. The predicted octanol–water partition coefficient (Wildman–Crippen LogP) is 1.73.